The summed E-state index contributed by atoms with van der Waals surface area (Å²) in [6, 6.07) is 10.0. The summed E-state index contributed by atoms with van der Waals surface area (Å²) in [6.07, 6.45) is 0. The van der Waals surface area contributed by atoms with Gasteiger partial charge in [0.2, 0.25) is 5.76 Å². The third-order valence-corrected chi connectivity index (χ3v) is 5.36. The molecule has 2 heterocycles. The molecule has 0 N–H and O–H groups in total. The average molecular weight is 423 g/mol. The van der Waals surface area contributed by atoms with Crippen molar-refractivity contribution in [2.24, 2.45) is 0 Å². The first-order valence-corrected chi connectivity index (χ1v) is 9.66. The first-order chi connectivity index (χ1) is 14.8. The van der Waals surface area contributed by atoms with Gasteiger partial charge in [0.1, 0.15) is 11.3 Å². The number of fused-ring (bicyclic) bond motifs is 2. The monoisotopic (exact) mass is 423 g/mol. The van der Waals surface area contributed by atoms with Crippen LogP contribution in [-0.2, 0) is 0 Å². The fraction of sp³-hybridized carbons (Fsp3) is 0.273. The van der Waals surface area contributed by atoms with Gasteiger partial charge in [0, 0.05) is 31.3 Å². The van der Waals surface area contributed by atoms with Crippen LogP contribution < -0.4 is 10.2 Å². The Labute approximate surface area is 177 Å². The minimum absolute atomic E-state index is 0.0407. The molecule has 0 fully saturated rings. The number of benzene rings is 2. The molecule has 0 saturated heterocycles. The lowest BCUT2D eigenvalue weighted by atomic mass is 9.98. The van der Waals surface area contributed by atoms with Crippen molar-refractivity contribution in [2.75, 3.05) is 34.3 Å². The molecule has 9 nitrogen and oxygen atoms in total. The number of carbonyl (C=O) groups excluding carboxylic acids is 1. The van der Waals surface area contributed by atoms with E-state index in [0.717, 1.165) is 0 Å². The molecule has 31 heavy (non-hydrogen) atoms. The van der Waals surface area contributed by atoms with Gasteiger partial charge in [0.25, 0.3) is 11.6 Å². The van der Waals surface area contributed by atoms with Gasteiger partial charge < -0.3 is 19.0 Å². The number of likely N-dealkylation sites (N-methyl/N-ethyl adjacent to an activating group) is 1. The van der Waals surface area contributed by atoms with Crippen LogP contribution in [0, 0.1) is 10.1 Å². The summed E-state index contributed by atoms with van der Waals surface area (Å²) in [5.41, 5.74) is 0.489. The van der Waals surface area contributed by atoms with Crippen LogP contribution in [0.15, 0.2) is 51.7 Å². The number of rotatable bonds is 6. The van der Waals surface area contributed by atoms with E-state index >= 15 is 0 Å². The number of nitrogens with zero attached hydrogens (tertiary/aromatic N) is 3. The van der Waals surface area contributed by atoms with Gasteiger partial charge in [-0.2, -0.15) is 0 Å². The Balaban J connectivity index is 1.94. The molecule has 1 aliphatic rings. The van der Waals surface area contributed by atoms with Crippen LogP contribution in [0.1, 0.15) is 27.7 Å². The van der Waals surface area contributed by atoms with E-state index in [9.17, 15) is 19.7 Å². The normalized spacial score (nSPS) is 15.5. The van der Waals surface area contributed by atoms with Crippen molar-refractivity contribution in [3.8, 4) is 5.75 Å². The third kappa shape index (κ3) is 3.53. The number of methoxy groups -OCH3 is 1. The van der Waals surface area contributed by atoms with E-state index in [1.165, 1.54) is 24.1 Å². The Hall–Kier alpha value is -3.72. The lowest BCUT2D eigenvalue weighted by Gasteiger charge is -2.26. The van der Waals surface area contributed by atoms with E-state index in [1.54, 1.807) is 30.3 Å². The van der Waals surface area contributed by atoms with E-state index in [4.69, 9.17) is 9.15 Å². The SMILES string of the molecule is COc1ccc2c(=O)c3c(oc2c1)C(=O)N(CCN(C)C)[C@H]3c1cccc([N+](=O)[O-])c1. The van der Waals surface area contributed by atoms with Crippen molar-refractivity contribution in [3.05, 3.63) is 79.7 Å². The lowest BCUT2D eigenvalue weighted by Crippen LogP contribution is -2.35. The molecule has 160 valence electrons. The molecule has 0 unspecified atom stereocenters. The van der Waals surface area contributed by atoms with Crippen LogP contribution in [0.2, 0.25) is 0 Å². The predicted molar refractivity (Wildman–Crippen MR) is 114 cm³/mol. The summed E-state index contributed by atoms with van der Waals surface area (Å²) in [5, 5.41) is 11.6. The molecule has 1 atom stereocenters. The highest BCUT2D eigenvalue weighted by atomic mass is 16.6. The van der Waals surface area contributed by atoms with Crippen LogP contribution >= 0.6 is 0 Å². The zero-order valence-electron chi connectivity index (χ0n) is 17.3. The molecule has 2 aromatic carbocycles. The van der Waals surface area contributed by atoms with Gasteiger partial charge in [0.05, 0.1) is 29.0 Å². The van der Waals surface area contributed by atoms with Crippen molar-refractivity contribution in [3.63, 3.8) is 0 Å². The van der Waals surface area contributed by atoms with Crippen molar-refractivity contribution in [1.82, 2.24) is 9.80 Å². The Morgan fingerprint density at radius 3 is 2.65 bits per heavy atom. The summed E-state index contributed by atoms with van der Waals surface area (Å²) >= 11 is 0. The Morgan fingerprint density at radius 2 is 1.97 bits per heavy atom. The first kappa shape index (κ1) is 20.5. The Bertz CT molecular complexity index is 1250. The smallest absolute Gasteiger partial charge is 0.290 e. The summed E-state index contributed by atoms with van der Waals surface area (Å²) < 4.78 is 11.1. The van der Waals surface area contributed by atoms with E-state index in [1.807, 2.05) is 19.0 Å². The molecular formula is C22H21N3O6. The summed E-state index contributed by atoms with van der Waals surface area (Å²) in [5.74, 6) is 0.0388. The topological polar surface area (TPSA) is 106 Å². The van der Waals surface area contributed by atoms with Gasteiger partial charge in [-0.1, -0.05) is 12.1 Å². The van der Waals surface area contributed by atoms with Crippen LogP contribution in [0.3, 0.4) is 0 Å². The van der Waals surface area contributed by atoms with Crippen LogP contribution in [0.25, 0.3) is 11.0 Å². The zero-order valence-corrected chi connectivity index (χ0v) is 17.3. The number of hydrogen-bond acceptors (Lipinski definition) is 7. The number of amides is 1. The molecule has 0 bridgehead atoms. The largest absolute Gasteiger partial charge is 0.497 e. The molecule has 1 amide bonds. The van der Waals surface area contributed by atoms with Crippen LogP contribution in [-0.4, -0.2) is 54.9 Å². The standard InChI is InChI=1S/C22H21N3O6/c1-23(2)9-10-24-19(13-5-4-6-14(11-13)25(28)29)18-20(26)16-8-7-15(30-3)12-17(16)31-21(18)22(24)27/h4-8,11-12,19H,9-10H2,1-3H3/t19-/m0/s1. The number of nitro benzene ring substituents is 1. The van der Waals surface area contributed by atoms with E-state index in [0.29, 0.717) is 29.8 Å². The number of carbonyl (C=O) groups is 1. The highest BCUT2D eigenvalue weighted by Gasteiger charge is 2.42. The van der Waals surface area contributed by atoms with Crippen molar-refractivity contribution in [2.45, 2.75) is 6.04 Å². The lowest BCUT2D eigenvalue weighted by molar-refractivity contribution is -0.384. The number of hydrogen-bond donors (Lipinski definition) is 0. The quantitative estimate of drug-likeness (QED) is 0.443. The minimum atomic E-state index is -0.773. The highest BCUT2D eigenvalue weighted by Crippen LogP contribution is 2.39. The minimum Gasteiger partial charge on any atom is -0.497 e. The van der Waals surface area contributed by atoms with Crippen molar-refractivity contribution >= 4 is 22.6 Å². The zero-order chi connectivity index (χ0) is 22.3. The van der Waals surface area contributed by atoms with E-state index in [-0.39, 0.29) is 28.0 Å². The molecule has 4 rings (SSSR count). The fourth-order valence-electron chi connectivity index (χ4n) is 3.82. The second-order valence-electron chi connectivity index (χ2n) is 7.59. The number of nitro groups is 1. The predicted octanol–water partition coefficient (Wildman–Crippen LogP) is 2.82. The first-order valence-electron chi connectivity index (χ1n) is 9.66. The highest BCUT2D eigenvalue weighted by molar-refractivity contribution is 5.99. The van der Waals surface area contributed by atoms with E-state index in [2.05, 4.69) is 0 Å². The maximum absolute atomic E-state index is 13.4. The maximum atomic E-state index is 13.4. The summed E-state index contributed by atoms with van der Waals surface area (Å²) in [7, 11) is 5.25. The Kier molecular flexibility index (Phi) is 5.20. The Morgan fingerprint density at radius 1 is 1.19 bits per heavy atom. The van der Waals surface area contributed by atoms with Gasteiger partial charge in [-0.15, -0.1) is 0 Å². The van der Waals surface area contributed by atoms with Gasteiger partial charge in [-0.05, 0) is 31.8 Å². The van der Waals surface area contributed by atoms with Gasteiger partial charge in [0.15, 0.2) is 5.43 Å². The second-order valence-corrected chi connectivity index (χ2v) is 7.59. The second kappa shape index (κ2) is 7.84. The molecular weight excluding hydrogens is 402 g/mol. The molecule has 1 aromatic heterocycles. The summed E-state index contributed by atoms with van der Waals surface area (Å²) in [6.45, 7) is 0.870. The van der Waals surface area contributed by atoms with Gasteiger partial charge in [-0.25, -0.2) is 0 Å². The average Bonchev–Trinajstić information content (AvgIpc) is 3.04. The van der Waals surface area contributed by atoms with Crippen LogP contribution in [0.4, 0.5) is 5.69 Å². The van der Waals surface area contributed by atoms with Crippen molar-refractivity contribution < 1.29 is 18.9 Å². The molecule has 9 heteroatoms. The number of ether oxygens (including phenoxy) is 1. The number of non-ortho nitro benzene ring substituents is 1. The molecule has 0 spiro atoms. The molecule has 0 saturated carbocycles. The van der Waals surface area contributed by atoms with E-state index < -0.39 is 16.9 Å². The summed E-state index contributed by atoms with van der Waals surface area (Å²) in [4.78, 5) is 40.9. The molecule has 0 aliphatic carbocycles. The van der Waals surface area contributed by atoms with Gasteiger partial charge in [-0.3, -0.25) is 19.7 Å². The molecule has 3 aromatic rings. The fourth-order valence-corrected chi connectivity index (χ4v) is 3.82. The maximum Gasteiger partial charge on any atom is 0.290 e. The third-order valence-electron chi connectivity index (χ3n) is 5.36. The van der Waals surface area contributed by atoms with Gasteiger partial charge >= 0.3 is 0 Å². The van der Waals surface area contributed by atoms with Crippen molar-refractivity contribution in [1.29, 1.82) is 0 Å². The molecule has 1 aliphatic heterocycles. The molecule has 0 radical (unpaired) electrons. The van der Waals surface area contributed by atoms with Crippen LogP contribution in [0.5, 0.6) is 5.75 Å².